The van der Waals surface area contributed by atoms with Gasteiger partial charge in [0.1, 0.15) is 10.9 Å². The maximum Gasteiger partial charge on any atom is 0.490 e. The summed E-state index contributed by atoms with van der Waals surface area (Å²) in [7, 11) is 0. The lowest BCUT2D eigenvalue weighted by Gasteiger charge is -2.28. The van der Waals surface area contributed by atoms with Crippen LogP contribution in [0.1, 0.15) is 31.3 Å². The molecule has 0 unspecified atom stereocenters. The van der Waals surface area contributed by atoms with E-state index in [-0.39, 0.29) is 35.4 Å². The number of anilines is 1. The number of pyridine rings is 1. The van der Waals surface area contributed by atoms with Gasteiger partial charge in [-0.3, -0.25) is 14.6 Å². The number of halogens is 4. The summed E-state index contributed by atoms with van der Waals surface area (Å²) >= 11 is 7.35. The van der Waals surface area contributed by atoms with Crippen molar-refractivity contribution in [3.8, 4) is 0 Å². The number of fused-ring (bicyclic) bond motifs is 1. The highest BCUT2D eigenvalue weighted by Gasteiger charge is 2.38. The molecule has 1 atom stereocenters. The fourth-order valence-electron chi connectivity index (χ4n) is 3.33. The van der Waals surface area contributed by atoms with E-state index < -0.39 is 24.2 Å². The largest absolute Gasteiger partial charge is 0.490 e. The Morgan fingerprint density at radius 2 is 1.84 bits per heavy atom. The van der Waals surface area contributed by atoms with E-state index in [0.717, 1.165) is 0 Å². The number of hydrogen-bond donors (Lipinski definition) is 3. The van der Waals surface area contributed by atoms with Gasteiger partial charge in [0, 0.05) is 24.9 Å². The highest BCUT2D eigenvalue weighted by atomic mass is 35.5. The number of benzene rings is 1. The van der Waals surface area contributed by atoms with E-state index >= 15 is 0 Å². The number of hydrogen-bond acceptors (Lipinski definition) is 6. The summed E-state index contributed by atoms with van der Waals surface area (Å²) in [6, 6.07) is 10.8. The SMILES string of the molecule is O=C(O)C(F)(F)F.O=C(O)c1ccc(CN2C(=O)c3sccc3NC(=O)[C@H]2Cc2ccccn2)cc1Cl. The second kappa shape index (κ2) is 11.4. The van der Waals surface area contributed by atoms with Gasteiger partial charge < -0.3 is 20.4 Å². The average molecular weight is 556 g/mol. The van der Waals surface area contributed by atoms with Crippen molar-refractivity contribution in [1.82, 2.24) is 9.88 Å². The normalized spacial score (nSPS) is 15.1. The van der Waals surface area contributed by atoms with Crippen LogP contribution in [0.5, 0.6) is 0 Å². The lowest BCUT2D eigenvalue weighted by atomic mass is 10.1. The van der Waals surface area contributed by atoms with Crippen LogP contribution in [-0.2, 0) is 22.6 Å². The minimum Gasteiger partial charge on any atom is -0.478 e. The molecule has 0 aliphatic carbocycles. The maximum atomic E-state index is 13.3. The zero-order valence-electron chi connectivity index (χ0n) is 18.5. The molecule has 1 aromatic carbocycles. The van der Waals surface area contributed by atoms with Crippen LogP contribution in [0.2, 0.25) is 5.02 Å². The zero-order chi connectivity index (χ0) is 27.3. The van der Waals surface area contributed by atoms with E-state index in [1.165, 1.54) is 28.4 Å². The summed E-state index contributed by atoms with van der Waals surface area (Å²) in [5.41, 5.74) is 1.77. The molecule has 1 aliphatic heterocycles. The second-order valence-corrected chi connectivity index (χ2v) is 8.87. The number of rotatable bonds is 5. The molecule has 14 heteroatoms. The lowest BCUT2D eigenvalue weighted by Crippen LogP contribution is -2.46. The van der Waals surface area contributed by atoms with E-state index in [1.54, 1.807) is 35.8 Å². The van der Waals surface area contributed by atoms with Gasteiger partial charge in [0.05, 0.1) is 16.3 Å². The van der Waals surface area contributed by atoms with Crippen molar-refractivity contribution in [3.63, 3.8) is 0 Å². The third-order valence-corrected chi connectivity index (χ3v) is 6.26. The second-order valence-electron chi connectivity index (χ2n) is 7.55. The van der Waals surface area contributed by atoms with Gasteiger partial charge in [-0.1, -0.05) is 23.7 Å². The molecule has 0 bridgehead atoms. The van der Waals surface area contributed by atoms with E-state index in [9.17, 15) is 32.7 Å². The molecule has 3 aromatic rings. The quantitative estimate of drug-likeness (QED) is 0.426. The topological polar surface area (TPSA) is 137 Å². The van der Waals surface area contributed by atoms with Crippen LogP contribution in [-0.4, -0.2) is 56.1 Å². The van der Waals surface area contributed by atoms with Crippen LogP contribution in [0.4, 0.5) is 18.9 Å². The van der Waals surface area contributed by atoms with E-state index in [4.69, 9.17) is 21.5 Å². The summed E-state index contributed by atoms with van der Waals surface area (Å²) in [6.07, 6.45) is -3.20. The number of thiophene rings is 1. The van der Waals surface area contributed by atoms with E-state index in [0.29, 0.717) is 21.8 Å². The van der Waals surface area contributed by atoms with Gasteiger partial charge in [-0.05, 0) is 41.3 Å². The number of aromatic carboxylic acids is 1. The first-order valence-electron chi connectivity index (χ1n) is 10.3. The minimum atomic E-state index is -5.08. The Bertz CT molecular complexity index is 1330. The van der Waals surface area contributed by atoms with Crippen LogP contribution >= 0.6 is 22.9 Å². The van der Waals surface area contributed by atoms with Gasteiger partial charge in [-0.25, -0.2) is 9.59 Å². The molecule has 1 aliphatic rings. The first kappa shape index (κ1) is 27.6. The van der Waals surface area contributed by atoms with Crippen molar-refractivity contribution < 1.29 is 42.6 Å². The lowest BCUT2D eigenvalue weighted by molar-refractivity contribution is -0.192. The fourth-order valence-corrected chi connectivity index (χ4v) is 4.42. The number of alkyl halides is 3. The standard InChI is InChI=1S/C21H16ClN3O4S.C2HF3O2/c22-15-9-12(4-5-14(15)21(28)29)11-25-17(10-13-3-1-2-7-23-13)19(26)24-16-6-8-30-18(16)20(25)27;3-2(4,5)1(6)7/h1-9,17H,10-11H2,(H,24,26)(H,28,29);(H,6,7)/t17-;/m1./s1. The number of carboxylic acid groups (broad SMARTS) is 2. The average Bonchev–Trinajstić information content (AvgIpc) is 3.26. The molecule has 9 nitrogen and oxygen atoms in total. The van der Waals surface area contributed by atoms with E-state index in [1.807, 2.05) is 6.07 Å². The van der Waals surface area contributed by atoms with Crippen LogP contribution < -0.4 is 5.32 Å². The smallest absolute Gasteiger partial charge is 0.478 e. The Morgan fingerprint density at radius 1 is 1.14 bits per heavy atom. The molecule has 2 amide bonds. The summed E-state index contributed by atoms with van der Waals surface area (Å²) < 4.78 is 31.7. The summed E-state index contributed by atoms with van der Waals surface area (Å²) in [4.78, 5) is 52.6. The molecule has 37 heavy (non-hydrogen) atoms. The van der Waals surface area contributed by atoms with Gasteiger partial charge >= 0.3 is 18.1 Å². The van der Waals surface area contributed by atoms with Gasteiger partial charge in [0.25, 0.3) is 5.91 Å². The predicted octanol–water partition coefficient (Wildman–Crippen LogP) is 4.33. The Kier molecular flexibility index (Phi) is 8.50. The van der Waals surface area contributed by atoms with Crippen LogP contribution in [0.15, 0.2) is 54.0 Å². The molecule has 3 N–H and O–H groups in total. The van der Waals surface area contributed by atoms with Crippen molar-refractivity contribution in [1.29, 1.82) is 0 Å². The van der Waals surface area contributed by atoms with Crippen molar-refractivity contribution in [2.45, 2.75) is 25.2 Å². The highest BCUT2D eigenvalue weighted by molar-refractivity contribution is 7.12. The third kappa shape index (κ3) is 6.83. The molecular formula is C23H17ClF3N3O6S. The Labute approximate surface area is 216 Å². The summed E-state index contributed by atoms with van der Waals surface area (Å²) in [5, 5.41) is 21.0. The number of aromatic nitrogens is 1. The number of aliphatic carboxylic acids is 1. The fraction of sp³-hybridized carbons (Fsp3) is 0.174. The highest BCUT2D eigenvalue weighted by Crippen LogP contribution is 2.30. The maximum absolute atomic E-state index is 13.3. The van der Waals surface area contributed by atoms with E-state index in [2.05, 4.69) is 10.3 Å². The first-order chi connectivity index (χ1) is 17.4. The molecule has 0 spiro atoms. The molecule has 194 valence electrons. The molecule has 0 saturated heterocycles. The zero-order valence-corrected chi connectivity index (χ0v) is 20.1. The van der Waals surface area contributed by atoms with Gasteiger partial charge in [-0.15, -0.1) is 11.3 Å². The number of carboxylic acids is 2. The monoisotopic (exact) mass is 555 g/mol. The van der Waals surface area contributed by atoms with Gasteiger partial charge in [0.15, 0.2) is 0 Å². The summed E-state index contributed by atoms with van der Waals surface area (Å²) in [5.74, 6) is -4.47. The molecule has 0 saturated carbocycles. The molecular weight excluding hydrogens is 539 g/mol. The van der Waals surface area contributed by atoms with Crippen LogP contribution in [0.3, 0.4) is 0 Å². The third-order valence-electron chi connectivity index (χ3n) is 5.05. The molecule has 0 radical (unpaired) electrons. The Balaban J connectivity index is 0.000000479. The minimum absolute atomic E-state index is 0.0223. The predicted molar refractivity (Wildman–Crippen MR) is 127 cm³/mol. The Hall–Kier alpha value is -3.97. The number of amides is 2. The summed E-state index contributed by atoms with van der Waals surface area (Å²) in [6.45, 7) is 0.0979. The van der Waals surface area contributed by atoms with Crippen molar-refractivity contribution >= 4 is 52.4 Å². The van der Waals surface area contributed by atoms with Crippen LogP contribution in [0, 0.1) is 0 Å². The number of carbonyl (C=O) groups is 4. The van der Waals surface area contributed by atoms with Gasteiger partial charge in [-0.2, -0.15) is 13.2 Å². The Morgan fingerprint density at radius 3 is 2.41 bits per heavy atom. The van der Waals surface area contributed by atoms with Crippen molar-refractivity contribution in [2.24, 2.45) is 0 Å². The number of carbonyl (C=O) groups excluding carboxylic acids is 2. The number of nitrogens with one attached hydrogen (secondary N) is 1. The molecule has 2 aromatic heterocycles. The van der Waals surface area contributed by atoms with Crippen molar-refractivity contribution in [3.05, 3.63) is 80.8 Å². The van der Waals surface area contributed by atoms with Gasteiger partial charge in [0.2, 0.25) is 5.91 Å². The molecule has 4 rings (SSSR count). The van der Waals surface area contributed by atoms with Crippen LogP contribution in [0.25, 0.3) is 0 Å². The molecule has 0 fully saturated rings. The number of nitrogens with zero attached hydrogens (tertiary/aromatic N) is 2. The molecule has 3 heterocycles. The first-order valence-corrected chi connectivity index (χ1v) is 11.5. The van der Waals surface area contributed by atoms with Crippen molar-refractivity contribution in [2.75, 3.05) is 5.32 Å².